The third-order valence-electron chi connectivity index (χ3n) is 3.46. The number of aliphatic carboxylic acids is 1. The summed E-state index contributed by atoms with van der Waals surface area (Å²) in [5, 5.41) is 12.2. The highest BCUT2D eigenvalue weighted by atomic mass is 127. The van der Waals surface area contributed by atoms with Crippen LogP contribution in [0.1, 0.15) is 25.0 Å². The largest absolute Gasteiger partial charge is 0.490 e. The first-order chi connectivity index (χ1) is 13.3. The molecule has 0 unspecified atom stereocenters. The molecule has 0 aromatic heterocycles. The average Bonchev–Trinajstić information content (AvgIpc) is 2.60. The number of hydrogen-bond acceptors (Lipinski definition) is 4. The lowest BCUT2D eigenvalue weighted by molar-refractivity contribution is -0.134. The van der Waals surface area contributed by atoms with Crippen molar-refractivity contribution in [1.29, 1.82) is 0 Å². The van der Waals surface area contributed by atoms with Gasteiger partial charge in [0, 0.05) is 11.9 Å². The minimum atomic E-state index is -1.23. The van der Waals surface area contributed by atoms with Crippen molar-refractivity contribution in [1.82, 2.24) is 5.32 Å². The summed E-state index contributed by atoms with van der Waals surface area (Å²) >= 11 is 8.10. The fourth-order valence-electron chi connectivity index (χ4n) is 2.36. The second kappa shape index (κ2) is 10.3. The van der Waals surface area contributed by atoms with Crippen molar-refractivity contribution in [3.8, 4) is 11.5 Å². The second-order valence-electron chi connectivity index (χ2n) is 5.73. The van der Waals surface area contributed by atoms with E-state index in [1.165, 1.54) is 13.0 Å². The van der Waals surface area contributed by atoms with E-state index in [2.05, 4.69) is 27.9 Å². The molecular weight excluding hydrogens is 497 g/mol. The number of halogens is 2. The first-order valence-corrected chi connectivity index (χ1v) is 9.82. The van der Waals surface area contributed by atoms with Gasteiger partial charge in [-0.1, -0.05) is 23.7 Å². The normalized spacial score (nSPS) is 11.1. The molecule has 0 atom stereocenters. The molecule has 0 aliphatic rings. The van der Waals surface area contributed by atoms with Crippen LogP contribution in [0.15, 0.2) is 42.1 Å². The summed E-state index contributed by atoms with van der Waals surface area (Å²) in [7, 11) is 0. The number of nitrogens with one attached hydrogen (secondary N) is 1. The lowest BCUT2D eigenvalue weighted by atomic mass is 10.1. The van der Waals surface area contributed by atoms with Gasteiger partial charge in [-0.05, 0) is 71.0 Å². The second-order valence-corrected chi connectivity index (χ2v) is 7.32. The van der Waals surface area contributed by atoms with E-state index < -0.39 is 11.9 Å². The van der Waals surface area contributed by atoms with Gasteiger partial charge in [-0.15, -0.1) is 0 Å². The minimum absolute atomic E-state index is 0.224. The number of carboxylic acid groups (broad SMARTS) is 1. The molecule has 8 heteroatoms. The van der Waals surface area contributed by atoms with Crippen molar-refractivity contribution in [2.45, 2.75) is 20.5 Å². The molecule has 0 bridgehead atoms. The van der Waals surface area contributed by atoms with Crippen molar-refractivity contribution in [2.75, 3.05) is 6.61 Å². The Kier molecular flexibility index (Phi) is 8.13. The van der Waals surface area contributed by atoms with E-state index in [9.17, 15) is 14.7 Å². The maximum Gasteiger partial charge on any atom is 0.352 e. The van der Waals surface area contributed by atoms with Crippen molar-refractivity contribution in [2.24, 2.45) is 0 Å². The summed E-state index contributed by atoms with van der Waals surface area (Å²) in [4.78, 5) is 22.5. The van der Waals surface area contributed by atoms with Crippen LogP contribution in [0, 0.1) is 3.57 Å². The first-order valence-electron chi connectivity index (χ1n) is 8.36. The fourth-order valence-corrected chi connectivity index (χ4v) is 3.36. The molecule has 0 saturated carbocycles. The van der Waals surface area contributed by atoms with Crippen LogP contribution < -0.4 is 14.8 Å². The van der Waals surface area contributed by atoms with E-state index in [-0.39, 0.29) is 5.70 Å². The molecule has 0 heterocycles. The lowest BCUT2D eigenvalue weighted by Crippen LogP contribution is -2.24. The molecule has 28 heavy (non-hydrogen) atoms. The summed E-state index contributed by atoms with van der Waals surface area (Å²) in [5.41, 5.74) is 1.25. The predicted molar refractivity (Wildman–Crippen MR) is 116 cm³/mol. The maximum atomic E-state index is 11.3. The molecule has 0 fully saturated rings. The van der Waals surface area contributed by atoms with E-state index in [1.807, 2.05) is 25.1 Å². The highest BCUT2D eigenvalue weighted by Gasteiger charge is 2.14. The number of carbonyl (C=O) groups excluding carboxylic acids is 1. The molecule has 2 rings (SSSR count). The van der Waals surface area contributed by atoms with Gasteiger partial charge in [0.2, 0.25) is 5.91 Å². The molecule has 2 aromatic carbocycles. The SMILES string of the molecule is CCOc1cc(/C=C(/NC(C)=O)C(=O)O)cc(I)c1OCc1cccc(Cl)c1. The van der Waals surface area contributed by atoms with Crippen LogP contribution in [-0.4, -0.2) is 23.6 Å². The summed E-state index contributed by atoms with van der Waals surface area (Å²) in [6.07, 6.45) is 1.37. The number of rotatable bonds is 8. The summed E-state index contributed by atoms with van der Waals surface area (Å²) in [5.74, 6) is -0.662. The van der Waals surface area contributed by atoms with Crippen LogP contribution in [0.4, 0.5) is 0 Å². The zero-order valence-electron chi connectivity index (χ0n) is 15.3. The summed E-state index contributed by atoms with van der Waals surface area (Å²) in [6.45, 7) is 3.81. The molecule has 0 spiro atoms. The zero-order chi connectivity index (χ0) is 20.7. The van der Waals surface area contributed by atoms with Crippen LogP contribution in [0.2, 0.25) is 5.02 Å². The Morgan fingerprint density at radius 2 is 2.00 bits per heavy atom. The Balaban J connectivity index is 2.34. The number of benzene rings is 2. The van der Waals surface area contributed by atoms with E-state index >= 15 is 0 Å². The number of carbonyl (C=O) groups is 2. The summed E-state index contributed by atoms with van der Waals surface area (Å²) < 4.78 is 12.3. The van der Waals surface area contributed by atoms with Crippen LogP contribution in [0.3, 0.4) is 0 Å². The van der Waals surface area contributed by atoms with Gasteiger partial charge in [0.05, 0.1) is 10.2 Å². The molecule has 0 aliphatic carbocycles. The van der Waals surface area contributed by atoms with E-state index in [0.717, 1.165) is 9.13 Å². The van der Waals surface area contributed by atoms with Gasteiger partial charge in [-0.2, -0.15) is 0 Å². The Hall–Kier alpha value is -2.26. The Morgan fingerprint density at radius 3 is 2.61 bits per heavy atom. The molecule has 0 radical (unpaired) electrons. The zero-order valence-corrected chi connectivity index (χ0v) is 18.2. The van der Waals surface area contributed by atoms with Crippen LogP contribution in [0.5, 0.6) is 11.5 Å². The fraction of sp³-hybridized carbons (Fsp3) is 0.200. The van der Waals surface area contributed by atoms with Crippen molar-refractivity contribution in [3.63, 3.8) is 0 Å². The van der Waals surface area contributed by atoms with Crippen LogP contribution >= 0.6 is 34.2 Å². The predicted octanol–water partition coefficient (Wildman–Crippen LogP) is 4.48. The number of hydrogen-bond donors (Lipinski definition) is 2. The van der Waals surface area contributed by atoms with E-state index in [0.29, 0.717) is 35.3 Å². The quantitative estimate of drug-likeness (QED) is 0.400. The van der Waals surface area contributed by atoms with Gasteiger partial charge in [-0.3, -0.25) is 4.79 Å². The number of ether oxygens (including phenoxy) is 2. The standard InChI is InChI=1S/C20H19ClINO5/c1-3-27-18-10-14(9-17(20(25)26)23-12(2)24)8-16(22)19(18)28-11-13-5-4-6-15(21)7-13/h4-10H,3,11H2,1-2H3,(H,23,24)(H,25,26)/b17-9+. The van der Waals surface area contributed by atoms with Gasteiger partial charge in [0.1, 0.15) is 12.3 Å². The third-order valence-corrected chi connectivity index (χ3v) is 4.49. The van der Waals surface area contributed by atoms with Gasteiger partial charge < -0.3 is 19.9 Å². The lowest BCUT2D eigenvalue weighted by Gasteiger charge is -2.15. The van der Waals surface area contributed by atoms with Crippen LogP contribution in [0.25, 0.3) is 6.08 Å². The Labute approximate surface area is 181 Å². The van der Waals surface area contributed by atoms with E-state index in [4.69, 9.17) is 21.1 Å². The number of carboxylic acids is 1. The molecule has 1 amide bonds. The van der Waals surface area contributed by atoms with Crippen LogP contribution in [-0.2, 0) is 16.2 Å². The molecular formula is C20H19ClINO5. The third kappa shape index (κ3) is 6.42. The monoisotopic (exact) mass is 515 g/mol. The Bertz CT molecular complexity index is 913. The highest BCUT2D eigenvalue weighted by Crippen LogP contribution is 2.35. The molecule has 148 valence electrons. The van der Waals surface area contributed by atoms with Crippen molar-refractivity contribution >= 4 is 52.1 Å². The smallest absolute Gasteiger partial charge is 0.352 e. The molecule has 0 saturated heterocycles. The minimum Gasteiger partial charge on any atom is -0.490 e. The molecule has 0 aliphatic heterocycles. The van der Waals surface area contributed by atoms with Gasteiger partial charge in [-0.25, -0.2) is 4.79 Å². The van der Waals surface area contributed by atoms with Gasteiger partial charge in [0.25, 0.3) is 0 Å². The van der Waals surface area contributed by atoms with E-state index in [1.54, 1.807) is 18.2 Å². The highest BCUT2D eigenvalue weighted by molar-refractivity contribution is 14.1. The average molecular weight is 516 g/mol. The molecule has 2 N–H and O–H groups in total. The van der Waals surface area contributed by atoms with Crippen molar-refractivity contribution < 1.29 is 24.2 Å². The molecule has 6 nitrogen and oxygen atoms in total. The van der Waals surface area contributed by atoms with Gasteiger partial charge >= 0.3 is 5.97 Å². The molecule has 2 aromatic rings. The first kappa shape index (κ1) is 22.0. The maximum absolute atomic E-state index is 11.3. The van der Waals surface area contributed by atoms with Gasteiger partial charge in [0.15, 0.2) is 11.5 Å². The number of amides is 1. The topological polar surface area (TPSA) is 84.9 Å². The van der Waals surface area contributed by atoms with Crippen molar-refractivity contribution in [3.05, 3.63) is 61.8 Å². The Morgan fingerprint density at radius 1 is 1.25 bits per heavy atom. The summed E-state index contributed by atoms with van der Waals surface area (Å²) in [6, 6.07) is 10.8.